The van der Waals surface area contributed by atoms with Gasteiger partial charge in [0.25, 0.3) is 0 Å². The Morgan fingerprint density at radius 1 is 0.935 bits per heavy atom. The predicted molar refractivity (Wildman–Crippen MR) is 124 cm³/mol. The monoisotopic (exact) mass is 453 g/mol. The van der Waals surface area contributed by atoms with E-state index in [0.717, 1.165) is 16.7 Å². The average Bonchev–Trinajstić information content (AvgIpc) is 3.13. The number of halogens is 1. The maximum absolute atomic E-state index is 14.0. The summed E-state index contributed by atoms with van der Waals surface area (Å²) in [6, 6.07) is 26.3. The van der Waals surface area contributed by atoms with Crippen molar-refractivity contribution in [2.75, 3.05) is 11.5 Å². The van der Waals surface area contributed by atoms with E-state index in [0.29, 0.717) is 18.0 Å². The topological polar surface area (TPSA) is 54.5 Å². The van der Waals surface area contributed by atoms with Crippen molar-refractivity contribution < 1.29 is 13.2 Å². The van der Waals surface area contributed by atoms with Gasteiger partial charge < -0.3 is 4.90 Å². The molecule has 31 heavy (non-hydrogen) atoms. The Bertz CT molecular complexity index is 1110. The van der Waals surface area contributed by atoms with Gasteiger partial charge in [0.05, 0.1) is 17.4 Å². The highest BCUT2D eigenvalue weighted by Gasteiger charge is 2.38. The number of benzene rings is 3. The molecule has 0 N–H and O–H groups in total. The molecule has 0 bridgehead atoms. The molecule has 1 fully saturated rings. The molecule has 1 heterocycles. The first-order valence-corrected chi connectivity index (χ1v) is 12.5. The van der Waals surface area contributed by atoms with Crippen LogP contribution >= 0.6 is 11.6 Å². The van der Waals surface area contributed by atoms with Crippen LogP contribution in [0, 0.1) is 0 Å². The Kier molecular flexibility index (Phi) is 6.44. The summed E-state index contributed by atoms with van der Waals surface area (Å²) in [7, 11) is -3.15. The van der Waals surface area contributed by atoms with Crippen LogP contribution in [0.1, 0.15) is 29.0 Å². The van der Waals surface area contributed by atoms with E-state index in [1.54, 1.807) is 11.0 Å². The van der Waals surface area contributed by atoms with Gasteiger partial charge in [0.1, 0.15) is 0 Å². The lowest BCUT2D eigenvalue weighted by Gasteiger charge is -2.32. The summed E-state index contributed by atoms with van der Waals surface area (Å²) in [6.07, 6.45) is 0.449. The van der Waals surface area contributed by atoms with Gasteiger partial charge in [-0.25, -0.2) is 8.42 Å². The van der Waals surface area contributed by atoms with E-state index in [4.69, 9.17) is 11.6 Å². The number of sulfone groups is 1. The smallest absolute Gasteiger partial charge is 0.235 e. The molecule has 0 aliphatic carbocycles. The van der Waals surface area contributed by atoms with Crippen molar-refractivity contribution in [3.05, 3.63) is 107 Å². The van der Waals surface area contributed by atoms with E-state index in [9.17, 15) is 13.2 Å². The van der Waals surface area contributed by atoms with Crippen LogP contribution in [0.15, 0.2) is 84.9 Å². The summed E-state index contributed by atoms with van der Waals surface area (Å²) >= 11 is 6.17. The van der Waals surface area contributed by atoms with Crippen LogP contribution < -0.4 is 0 Å². The zero-order valence-electron chi connectivity index (χ0n) is 17.0. The van der Waals surface area contributed by atoms with Crippen LogP contribution in [-0.2, 0) is 21.2 Å². The van der Waals surface area contributed by atoms with Crippen LogP contribution in [0.5, 0.6) is 0 Å². The van der Waals surface area contributed by atoms with Crippen molar-refractivity contribution in [3.63, 3.8) is 0 Å². The molecular weight excluding hydrogens is 430 g/mol. The number of carbonyl (C=O) groups excluding carboxylic acids is 1. The standard InChI is InChI=1S/C25H24ClNO3S/c26-22-13-7-8-19(16-22)17-27(23-14-15-31(29,30)18-23)25(28)24(20-9-3-1-4-10-20)21-11-5-2-6-12-21/h1-13,16,23-24H,14-15,17-18H2/t23-/m0/s1. The van der Waals surface area contributed by atoms with Gasteiger partial charge in [0, 0.05) is 17.6 Å². The minimum absolute atomic E-state index is 0.00436. The average molecular weight is 454 g/mol. The molecule has 0 spiro atoms. The number of hydrogen-bond acceptors (Lipinski definition) is 3. The van der Waals surface area contributed by atoms with Gasteiger partial charge in [0.15, 0.2) is 9.84 Å². The Hall–Kier alpha value is -2.63. The quantitative estimate of drug-likeness (QED) is 0.544. The highest BCUT2D eigenvalue weighted by atomic mass is 35.5. The molecule has 3 aromatic rings. The molecular formula is C25H24ClNO3S. The van der Waals surface area contributed by atoms with E-state index < -0.39 is 15.8 Å². The van der Waals surface area contributed by atoms with Crippen molar-refractivity contribution in [2.45, 2.75) is 24.9 Å². The summed E-state index contributed by atoms with van der Waals surface area (Å²) in [4.78, 5) is 15.8. The first kappa shape index (κ1) is 21.6. The number of nitrogens with zero attached hydrogens (tertiary/aromatic N) is 1. The molecule has 4 nitrogen and oxygen atoms in total. The first-order chi connectivity index (χ1) is 14.9. The molecule has 4 rings (SSSR count). The molecule has 0 aromatic heterocycles. The van der Waals surface area contributed by atoms with Gasteiger partial charge in [-0.15, -0.1) is 0 Å². The molecule has 0 unspecified atom stereocenters. The molecule has 0 radical (unpaired) electrons. The lowest BCUT2D eigenvalue weighted by molar-refractivity contribution is -0.134. The van der Waals surface area contributed by atoms with Crippen molar-refractivity contribution in [2.24, 2.45) is 0 Å². The molecule has 6 heteroatoms. The number of hydrogen-bond donors (Lipinski definition) is 0. The van der Waals surface area contributed by atoms with Gasteiger partial charge in [-0.3, -0.25) is 4.79 Å². The Labute approximate surface area is 188 Å². The third-order valence-electron chi connectivity index (χ3n) is 5.69. The number of amides is 1. The molecule has 1 amide bonds. The molecule has 1 aliphatic heterocycles. The molecule has 1 atom stereocenters. The second-order valence-electron chi connectivity index (χ2n) is 7.91. The predicted octanol–water partition coefficient (Wildman–Crippen LogP) is 4.69. The Morgan fingerprint density at radius 2 is 1.55 bits per heavy atom. The van der Waals surface area contributed by atoms with Gasteiger partial charge >= 0.3 is 0 Å². The van der Waals surface area contributed by atoms with Gasteiger partial charge in [0.2, 0.25) is 5.91 Å². The lowest BCUT2D eigenvalue weighted by atomic mass is 9.89. The maximum Gasteiger partial charge on any atom is 0.235 e. The molecule has 0 saturated carbocycles. The van der Waals surface area contributed by atoms with Crippen LogP contribution in [0.25, 0.3) is 0 Å². The van der Waals surface area contributed by atoms with E-state index in [1.165, 1.54) is 0 Å². The molecule has 1 saturated heterocycles. The fourth-order valence-corrected chi connectivity index (χ4v) is 6.12. The van der Waals surface area contributed by atoms with Crippen LogP contribution in [0.4, 0.5) is 0 Å². The second-order valence-corrected chi connectivity index (χ2v) is 10.6. The lowest BCUT2D eigenvalue weighted by Crippen LogP contribution is -2.43. The van der Waals surface area contributed by atoms with Crippen LogP contribution in [-0.4, -0.2) is 36.8 Å². The summed E-state index contributed by atoms with van der Waals surface area (Å²) in [5.41, 5.74) is 2.65. The molecule has 160 valence electrons. The third-order valence-corrected chi connectivity index (χ3v) is 7.67. The molecule has 1 aliphatic rings. The van der Waals surface area contributed by atoms with Gasteiger partial charge in [-0.2, -0.15) is 0 Å². The van der Waals surface area contributed by atoms with E-state index in [2.05, 4.69) is 0 Å². The zero-order valence-corrected chi connectivity index (χ0v) is 18.6. The largest absolute Gasteiger partial charge is 0.334 e. The van der Waals surface area contributed by atoms with E-state index in [-0.39, 0.29) is 23.5 Å². The van der Waals surface area contributed by atoms with Crippen molar-refractivity contribution in [3.8, 4) is 0 Å². The first-order valence-electron chi connectivity index (χ1n) is 10.3. The summed E-state index contributed by atoms with van der Waals surface area (Å²) in [5.74, 6) is -0.502. The summed E-state index contributed by atoms with van der Waals surface area (Å²) in [6.45, 7) is 0.315. The van der Waals surface area contributed by atoms with E-state index >= 15 is 0 Å². The fraction of sp³-hybridized carbons (Fsp3) is 0.240. The normalized spacial score (nSPS) is 17.5. The van der Waals surface area contributed by atoms with Crippen molar-refractivity contribution >= 4 is 27.3 Å². The highest BCUT2D eigenvalue weighted by molar-refractivity contribution is 7.91. The Balaban J connectivity index is 1.75. The minimum Gasteiger partial charge on any atom is -0.334 e. The van der Waals surface area contributed by atoms with Crippen LogP contribution in [0.2, 0.25) is 5.02 Å². The van der Waals surface area contributed by atoms with Crippen LogP contribution in [0.3, 0.4) is 0 Å². The highest BCUT2D eigenvalue weighted by Crippen LogP contribution is 2.31. The SMILES string of the molecule is O=C(C(c1ccccc1)c1ccccc1)N(Cc1cccc(Cl)c1)[C@H]1CCS(=O)(=O)C1. The number of rotatable bonds is 6. The maximum atomic E-state index is 14.0. The van der Waals surface area contributed by atoms with Crippen molar-refractivity contribution in [1.82, 2.24) is 4.90 Å². The minimum atomic E-state index is -3.15. The molecule has 3 aromatic carbocycles. The summed E-state index contributed by atoms with van der Waals surface area (Å²) < 4.78 is 24.5. The van der Waals surface area contributed by atoms with Gasteiger partial charge in [-0.05, 0) is 35.2 Å². The fourth-order valence-electron chi connectivity index (χ4n) is 4.17. The number of carbonyl (C=O) groups is 1. The second kappa shape index (κ2) is 9.25. The summed E-state index contributed by atoms with van der Waals surface area (Å²) in [5, 5.41) is 0.589. The third kappa shape index (κ3) is 5.17. The van der Waals surface area contributed by atoms with Gasteiger partial charge in [-0.1, -0.05) is 84.4 Å². The van der Waals surface area contributed by atoms with Crippen molar-refractivity contribution in [1.29, 1.82) is 0 Å². The Morgan fingerprint density at radius 3 is 2.06 bits per heavy atom. The van der Waals surface area contributed by atoms with E-state index in [1.807, 2.05) is 78.9 Å². The zero-order chi connectivity index (χ0) is 21.8.